The Bertz CT molecular complexity index is 558. The first-order valence-electron chi connectivity index (χ1n) is 5.98. The summed E-state index contributed by atoms with van der Waals surface area (Å²) in [5.41, 5.74) is 4.51. The van der Waals surface area contributed by atoms with Gasteiger partial charge in [0.15, 0.2) is 0 Å². The van der Waals surface area contributed by atoms with Gasteiger partial charge >= 0.3 is 0 Å². The first-order valence-corrected chi connectivity index (χ1v) is 6.77. The van der Waals surface area contributed by atoms with Crippen molar-refractivity contribution in [3.63, 3.8) is 0 Å². The van der Waals surface area contributed by atoms with Crippen LogP contribution in [0.2, 0.25) is 0 Å². The second kappa shape index (κ2) is 6.25. The van der Waals surface area contributed by atoms with Crippen LogP contribution >= 0.6 is 15.9 Å². The zero-order valence-electron chi connectivity index (χ0n) is 11.6. The maximum Gasteiger partial charge on any atom is 0.127 e. The van der Waals surface area contributed by atoms with Crippen molar-refractivity contribution in [1.29, 1.82) is 0 Å². The van der Waals surface area contributed by atoms with Crippen LogP contribution in [0.3, 0.4) is 0 Å². The fourth-order valence-electron chi connectivity index (χ4n) is 2.21. The summed E-state index contributed by atoms with van der Waals surface area (Å²) < 4.78 is 13.5. The van der Waals surface area contributed by atoms with E-state index >= 15 is 0 Å². The molecule has 2 aromatic rings. The largest absolute Gasteiger partial charge is 0.496 e. The van der Waals surface area contributed by atoms with Gasteiger partial charge in [-0.05, 0) is 28.1 Å². The number of methoxy groups -OCH3 is 2. The monoisotopic (exact) mass is 340 g/mol. The Morgan fingerprint density at radius 2 is 1.90 bits per heavy atom. The van der Waals surface area contributed by atoms with E-state index in [0.717, 1.165) is 15.7 Å². The minimum Gasteiger partial charge on any atom is -0.496 e. The topological polar surface area (TPSA) is 74.3 Å². The average molecular weight is 341 g/mol. The van der Waals surface area contributed by atoms with Crippen LogP contribution in [-0.2, 0) is 7.05 Å². The summed E-state index contributed by atoms with van der Waals surface area (Å²) >= 11 is 3.49. The van der Waals surface area contributed by atoms with Gasteiger partial charge in [-0.15, -0.1) is 0 Å². The van der Waals surface area contributed by atoms with E-state index in [1.807, 2.05) is 25.2 Å². The van der Waals surface area contributed by atoms with E-state index in [0.29, 0.717) is 11.5 Å². The van der Waals surface area contributed by atoms with Gasteiger partial charge in [-0.1, -0.05) is 6.07 Å². The van der Waals surface area contributed by atoms with Gasteiger partial charge in [0, 0.05) is 7.05 Å². The van der Waals surface area contributed by atoms with Crippen LogP contribution in [0.1, 0.15) is 17.3 Å². The molecule has 1 aromatic carbocycles. The Morgan fingerprint density at radius 1 is 1.30 bits per heavy atom. The smallest absolute Gasteiger partial charge is 0.127 e. The summed E-state index contributed by atoms with van der Waals surface area (Å²) in [5, 5.41) is 4.21. The molecule has 0 saturated carbocycles. The maximum atomic E-state index is 5.76. The lowest BCUT2D eigenvalue weighted by molar-refractivity contribution is 0.375. The molecule has 1 heterocycles. The average Bonchev–Trinajstić information content (AvgIpc) is 2.80. The number of hydrogen-bond donors (Lipinski definition) is 2. The van der Waals surface area contributed by atoms with Crippen molar-refractivity contribution in [2.75, 3.05) is 14.2 Å². The van der Waals surface area contributed by atoms with Crippen molar-refractivity contribution in [3.05, 3.63) is 40.1 Å². The molecular formula is C13H17BrN4O2. The van der Waals surface area contributed by atoms with Gasteiger partial charge < -0.3 is 9.47 Å². The predicted molar refractivity (Wildman–Crippen MR) is 79.6 cm³/mol. The number of aryl methyl sites for hydroxylation is 1. The van der Waals surface area contributed by atoms with Crippen molar-refractivity contribution >= 4 is 15.9 Å². The van der Waals surface area contributed by atoms with E-state index in [9.17, 15) is 0 Å². The molecule has 0 aliphatic carbocycles. The highest BCUT2D eigenvalue weighted by Gasteiger charge is 2.26. The molecule has 7 heteroatoms. The van der Waals surface area contributed by atoms with E-state index in [1.165, 1.54) is 0 Å². The minimum absolute atomic E-state index is 0.317. The lowest BCUT2D eigenvalue weighted by Gasteiger charge is -2.22. The third kappa shape index (κ3) is 2.52. The number of rotatable bonds is 5. The summed E-state index contributed by atoms with van der Waals surface area (Å²) in [6.45, 7) is 0. The Kier molecular flexibility index (Phi) is 4.64. The molecule has 20 heavy (non-hydrogen) atoms. The zero-order valence-corrected chi connectivity index (χ0v) is 13.1. The highest BCUT2D eigenvalue weighted by molar-refractivity contribution is 9.10. The second-order valence-corrected chi connectivity index (χ2v) is 5.03. The van der Waals surface area contributed by atoms with Gasteiger partial charge in [0.05, 0.1) is 42.2 Å². The highest BCUT2D eigenvalue weighted by Crippen LogP contribution is 2.38. The van der Waals surface area contributed by atoms with Crippen LogP contribution in [0, 0.1) is 0 Å². The summed E-state index contributed by atoms with van der Waals surface area (Å²) in [6, 6.07) is 5.29. The molecule has 0 aliphatic heterocycles. The molecule has 2 rings (SSSR count). The van der Waals surface area contributed by atoms with E-state index in [4.69, 9.17) is 15.3 Å². The molecule has 108 valence electrons. The third-order valence-corrected chi connectivity index (χ3v) is 3.74. The van der Waals surface area contributed by atoms with Gasteiger partial charge in [0.1, 0.15) is 11.5 Å². The van der Waals surface area contributed by atoms with Crippen molar-refractivity contribution in [2.45, 2.75) is 6.04 Å². The van der Waals surface area contributed by atoms with Crippen LogP contribution in [0.5, 0.6) is 11.5 Å². The molecule has 0 fully saturated rings. The van der Waals surface area contributed by atoms with Crippen LogP contribution in [0.4, 0.5) is 0 Å². The van der Waals surface area contributed by atoms with Crippen LogP contribution in [0.25, 0.3) is 0 Å². The first-order chi connectivity index (χ1) is 9.63. The molecular weight excluding hydrogens is 324 g/mol. The summed E-state index contributed by atoms with van der Waals surface area (Å²) in [6.07, 6.45) is 1.72. The van der Waals surface area contributed by atoms with Gasteiger partial charge in [-0.25, -0.2) is 5.43 Å². The number of ether oxygens (including phenoxy) is 2. The van der Waals surface area contributed by atoms with Crippen LogP contribution < -0.4 is 20.7 Å². The number of hydrogen-bond acceptors (Lipinski definition) is 5. The fourth-order valence-corrected chi connectivity index (χ4v) is 2.79. The van der Waals surface area contributed by atoms with E-state index in [2.05, 4.69) is 26.5 Å². The molecule has 0 radical (unpaired) electrons. The number of nitrogens with two attached hydrogens (primary N) is 1. The van der Waals surface area contributed by atoms with E-state index in [1.54, 1.807) is 25.1 Å². The molecule has 3 N–H and O–H groups in total. The molecule has 0 bridgehead atoms. The van der Waals surface area contributed by atoms with Crippen LogP contribution in [-0.4, -0.2) is 24.0 Å². The Hall–Kier alpha value is -1.57. The van der Waals surface area contributed by atoms with Crippen molar-refractivity contribution in [1.82, 2.24) is 15.2 Å². The zero-order chi connectivity index (χ0) is 14.7. The van der Waals surface area contributed by atoms with Crippen molar-refractivity contribution in [2.24, 2.45) is 12.9 Å². The summed E-state index contributed by atoms with van der Waals surface area (Å²) in [7, 11) is 5.08. The van der Waals surface area contributed by atoms with Crippen LogP contribution in [0.15, 0.2) is 28.9 Å². The summed E-state index contributed by atoms with van der Waals surface area (Å²) in [5.74, 6) is 7.15. The Balaban J connectivity index is 2.63. The normalized spacial score (nSPS) is 12.2. The quantitative estimate of drug-likeness (QED) is 0.640. The highest BCUT2D eigenvalue weighted by atomic mass is 79.9. The number of benzene rings is 1. The lowest BCUT2D eigenvalue weighted by atomic mass is 10.0. The molecule has 1 aromatic heterocycles. The van der Waals surface area contributed by atoms with E-state index < -0.39 is 0 Å². The molecule has 0 amide bonds. The molecule has 1 atom stereocenters. The fraction of sp³-hybridized carbons (Fsp3) is 0.308. The van der Waals surface area contributed by atoms with Gasteiger partial charge in [-0.3, -0.25) is 10.5 Å². The molecule has 0 spiro atoms. The van der Waals surface area contributed by atoms with Gasteiger partial charge in [0.2, 0.25) is 0 Å². The molecule has 0 saturated heterocycles. The molecule has 1 unspecified atom stereocenters. The number of nitrogens with one attached hydrogen (secondary N) is 1. The predicted octanol–water partition coefficient (Wildman–Crippen LogP) is 1.75. The van der Waals surface area contributed by atoms with E-state index in [-0.39, 0.29) is 6.04 Å². The first kappa shape index (κ1) is 14.8. The number of nitrogens with zero attached hydrogens (tertiary/aromatic N) is 2. The Morgan fingerprint density at radius 3 is 2.30 bits per heavy atom. The summed E-state index contributed by atoms with van der Waals surface area (Å²) in [4.78, 5) is 0. The molecule has 0 aliphatic rings. The van der Waals surface area contributed by atoms with Crippen molar-refractivity contribution < 1.29 is 9.47 Å². The minimum atomic E-state index is -0.317. The lowest BCUT2D eigenvalue weighted by Crippen LogP contribution is -2.31. The number of aromatic nitrogens is 2. The third-order valence-electron chi connectivity index (χ3n) is 3.13. The number of halogens is 1. The molecule has 6 nitrogen and oxygen atoms in total. The standard InChI is InChI=1S/C13H17BrN4O2/c1-18-13(8(14)7-16-18)12(17-15)11-9(19-2)5-4-6-10(11)20-3/h4-7,12,17H,15H2,1-3H3. The maximum absolute atomic E-state index is 5.76. The SMILES string of the molecule is COc1cccc(OC)c1C(NN)c1c(Br)cnn1C. The van der Waals surface area contributed by atoms with Crippen molar-refractivity contribution in [3.8, 4) is 11.5 Å². The van der Waals surface area contributed by atoms with Gasteiger partial charge in [-0.2, -0.15) is 5.10 Å². The van der Waals surface area contributed by atoms with Gasteiger partial charge in [0.25, 0.3) is 0 Å². The number of hydrazine groups is 1. The Labute approximate surface area is 126 Å². The second-order valence-electron chi connectivity index (χ2n) is 4.18.